The molecule has 1 fully saturated rings. The van der Waals surface area contributed by atoms with Gasteiger partial charge in [-0.3, -0.25) is 4.79 Å². The fourth-order valence-electron chi connectivity index (χ4n) is 2.44. The fourth-order valence-corrected chi connectivity index (χ4v) is 2.44. The molecule has 1 N–H and O–H groups in total. The first-order valence-corrected chi connectivity index (χ1v) is 5.07. The van der Waals surface area contributed by atoms with Crippen LogP contribution < -0.4 is 10.2 Å². The van der Waals surface area contributed by atoms with Gasteiger partial charge in [0.25, 0.3) is 0 Å². The zero-order valence-electron chi connectivity index (χ0n) is 8.16. The second-order valence-electron chi connectivity index (χ2n) is 4.00. The van der Waals surface area contributed by atoms with Crippen LogP contribution in [0.5, 0.6) is 0 Å². The number of carbonyl (C=O) groups is 1. The van der Waals surface area contributed by atoms with Gasteiger partial charge in [-0.25, -0.2) is 4.39 Å². The average molecular weight is 206 g/mol. The Bertz CT molecular complexity index is 433. The summed E-state index contributed by atoms with van der Waals surface area (Å²) in [6, 6.07) is 5.10. The van der Waals surface area contributed by atoms with E-state index in [1.807, 2.05) is 6.07 Å². The highest BCUT2D eigenvalue weighted by molar-refractivity contribution is 5.98. The molecule has 0 radical (unpaired) electrons. The van der Waals surface area contributed by atoms with E-state index in [1.54, 1.807) is 11.0 Å². The van der Waals surface area contributed by atoms with Crippen LogP contribution in [0.3, 0.4) is 0 Å². The molecule has 2 aliphatic heterocycles. The summed E-state index contributed by atoms with van der Waals surface area (Å²) in [4.78, 5) is 13.3. The van der Waals surface area contributed by atoms with Crippen molar-refractivity contribution in [3.63, 3.8) is 0 Å². The van der Waals surface area contributed by atoms with Crippen LogP contribution in [-0.4, -0.2) is 25.0 Å². The van der Waals surface area contributed by atoms with Gasteiger partial charge in [0.2, 0.25) is 5.91 Å². The highest BCUT2D eigenvalue weighted by Crippen LogP contribution is 2.35. The van der Waals surface area contributed by atoms with Gasteiger partial charge in [-0.15, -0.1) is 0 Å². The predicted molar refractivity (Wildman–Crippen MR) is 54.2 cm³/mol. The van der Waals surface area contributed by atoms with Crippen molar-refractivity contribution in [1.82, 2.24) is 5.32 Å². The lowest BCUT2D eigenvalue weighted by Crippen LogP contribution is -2.53. The Hall–Kier alpha value is -1.42. The maximum Gasteiger partial charge on any atom is 0.241 e. The van der Waals surface area contributed by atoms with E-state index < -0.39 is 0 Å². The maximum absolute atomic E-state index is 13.6. The lowest BCUT2D eigenvalue weighted by molar-refractivity contribution is -0.119. The first-order chi connectivity index (χ1) is 7.27. The van der Waals surface area contributed by atoms with Crippen LogP contribution in [0.2, 0.25) is 0 Å². The zero-order valence-corrected chi connectivity index (χ0v) is 8.16. The van der Waals surface area contributed by atoms with E-state index in [9.17, 15) is 9.18 Å². The molecule has 0 bridgehead atoms. The largest absolute Gasteiger partial charge is 0.306 e. The van der Waals surface area contributed by atoms with E-state index in [-0.39, 0.29) is 17.8 Å². The summed E-state index contributed by atoms with van der Waals surface area (Å²) < 4.78 is 13.6. The Morgan fingerprint density at radius 3 is 3.20 bits per heavy atom. The van der Waals surface area contributed by atoms with Gasteiger partial charge in [0.15, 0.2) is 0 Å². The van der Waals surface area contributed by atoms with E-state index >= 15 is 0 Å². The summed E-state index contributed by atoms with van der Waals surface area (Å²) >= 11 is 0. The SMILES string of the molecule is O=C1CNCC2Cc3cccc(F)c3N12. The van der Waals surface area contributed by atoms with Gasteiger partial charge >= 0.3 is 0 Å². The molecule has 0 aliphatic carbocycles. The Morgan fingerprint density at radius 2 is 2.33 bits per heavy atom. The van der Waals surface area contributed by atoms with Crippen molar-refractivity contribution < 1.29 is 9.18 Å². The number of para-hydroxylation sites is 1. The molecular weight excluding hydrogens is 195 g/mol. The molecule has 3 nitrogen and oxygen atoms in total. The molecule has 2 aliphatic rings. The van der Waals surface area contributed by atoms with Crippen molar-refractivity contribution in [2.75, 3.05) is 18.0 Å². The number of anilines is 1. The van der Waals surface area contributed by atoms with Crippen LogP contribution in [0.1, 0.15) is 5.56 Å². The number of nitrogens with one attached hydrogen (secondary N) is 1. The molecule has 0 saturated carbocycles. The topological polar surface area (TPSA) is 32.3 Å². The van der Waals surface area contributed by atoms with Crippen LogP contribution in [-0.2, 0) is 11.2 Å². The molecule has 1 aromatic rings. The Labute approximate surface area is 86.9 Å². The molecule has 1 atom stereocenters. The van der Waals surface area contributed by atoms with Crippen molar-refractivity contribution in [1.29, 1.82) is 0 Å². The molecule has 0 aromatic heterocycles. The van der Waals surface area contributed by atoms with Crippen LogP contribution in [0.15, 0.2) is 18.2 Å². The lowest BCUT2D eigenvalue weighted by atomic mass is 10.1. The van der Waals surface area contributed by atoms with E-state index in [0.29, 0.717) is 12.2 Å². The predicted octanol–water partition coefficient (Wildman–Crippen LogP) is 0.687. The van der Waals surface area contributed by atoms with E-state index in [4.69, 9.17) is 0 Å². The summed E-state index contributed by atoms with van der Waals surface area (Å²) in [5.41, 5.74) is 1.44. The molecule has 1 amide bonds. The standard InChI is InChI=1S/C11H11FN2O/c12-9-3-1-2-7-4-8-5-13-6-10(15)14(8)11(7)9/h1-3,8,13H,4-6H2. The van der Waals surface area contributed by atoms with Gasteiger partial charge in [-0.05, 0) is 18.1 Å². The lowest BCUT2D eigenvalue weighted by Gasteiger charge is -2.30. The average Bonchev–Trinajstić information content (AvgIpc) is 2.58. The second-order valence-corrected chi connectivity index (χ2v) is 4.00. The third-order valence-electron chi connectivity index (χ3n) is 3.06. The second kappa shape index (κ2) is 3.03. The highest BCUT2D eigenvalue weighted by atomic mass is 19.1. The number of hydrogen-bond acceptors (Lipinski definition) is 2. The third-order valence-corrected chi connectivity index (χ3v) is 3.06. The minimum Gasteiger partial charge on any atom is -0.306 e. The number of nitrogens with zero attached hydrogens (tertiary/aromatic N) is 1. The molecular formula is C11H11FN2O. The molecule has 2 heterocycles. The van der Waals surface area contributed by atoms with Gasteiger partial charge in [-0.2, -0.15) is 0 Å². The number of halogens is 1. The van der Waals surface area contributed by atoms with E-state index in [0.717, 1.165) is 18.5 Å². The number of fused-ring (bicyclic) bond motifs is 3. The molecule has 1 saturated heterocycles. The Kier molecular flexibility index (Phi) is 1.79. The number of amides is 1. The van der Waals surface area contributed by atoms with Crippen molar-refractivity contribution in [2.45, 2.75) is 12.5 Å². The smallest absolute Gasteiger partial charge is 0.241 e. The van der Waals surface area contributed by atoms with Crippen LogP contribution in [0.25, 0.3) is 0 Å². The summed E-state index contributed by atoms with van der Waals surface area (Å²) in [7, 11) is 0. The van der Waals surface area contributed by atoms with Gasteiger partial charge < -0.3 is 10.2 Å². The summed E-state index contributed by atoms with van der Waals surface area (Å²) in [6.07, 6.45) is 0.756. The number of rotatable bonds is 0. The summed E-state index contributed by atoms with van der Waals surface area (Å²) in [5, 5.41) is 3.05. The third kappa shape index (κ3) is 1.18. The minimum absolute atomic E-state index is 0.0323. The summed E-state index contributed by atoms with van der Waals surface area (Å²) in [5.74, 6) is -0.319. The molecule has 1 aromatic carbocycles. The van der Waals surface area contributed by atoms with Crippen molar-refractivity contribution in [2.24, 2.45) is 0 Å². The highest BCUT2D eigenvalue weighted by Gasteiger charge is 2.37. The van der Waals surface area contributed by atoms with Gasteiger partial charge in [0.05, 0.1) is 18.3 Å². The van der Waals surface area contributed by atoms with Crippen molar-refractivity contribution >= 4 is 11.6 Å². The fraction of sp³-hybridized carbons (Fsp3) is 0.364. The minimum atomic E-state index is -0.287. The molecule has 3 rings (SSSR count). The number of benzene rings is 1. The Morgan fingerprint density at radius 1 is 1.47 bits per heavy atom. The molecule has 4 heteroatoms. The van der Waals surface area contributed by atoms with Gasteiger partial charge in [-0.1, -0.05) is 12.1 Å². The van der Waals surface area contributed by atoms with Gasteiger partial charge in [0.1, 0.15) is 5.82 Å². The number of piperazine rings is 1. The first kappa shape index (κ1) is 8.85. The number of carbonyl (C=O) groups excluding carboxylic acids is 1. The van der Waals surface area contributed by atoms with Crippen LogP contribution in [0, 0.1) is 5.82 Å². The zero-order chi connectivity index (χ0) is 10.4. The van der Waals surface area contributed by atoms with Crippen molar-refractivity contribution in [3.8, 4) is 0 Å². The van der Waals surface area contributed by atoms with Crippen LogP contribution >= 0.6 is 0 Å². The molecule has 78 valence electrons. The van der Waals surface area contributed by atoms with Crippen molar-refractivity contribution in [3.05, 3.63) is 29.6 Å². The first-order valence-electron chi connectivity index (χ1n) is 5.07. The molecule has 0 spiro atoms. The van der Waals surface area contributed by atoms with E-state index in [1.165, 1.54) is 6.07 Å². The Balaban J connectivity index is 2.12. The van der Waals surface area contributed by atoms with Gasteiger partial charge in [0, 0.05) is 6.54 Å². The quantitative estimate of drug-likeness (QED) is 0.677. The normalized spacial score (nSPS) is 23.9. The molecule has 15 heavy (non-hydrogen) atoms. The molecule has 1 unspecified atom stereocenters. The van der Waals surface area contributed by atoms with Crippen LogP contribution in [0.4, 0.5) is 10.1 Å². The maximum atomic E-state index is 13.6. The summed E-state index contributed by atoms with van der Waals surface area (Å²) in [6.45, 7) is 1.06. The monoisotopic (exact) mass is 206 g/mol. The number of hydrogen-bond donors (Lipinski definition) is 1. The van der Waals surface area contributed by atoms with E-state index in [2.05, 4.69) is 5.32 Å².